The molecule has 1 aliphatic heterocycles. The fraction of sp³-hybridized carbons (Fsp3) is 0.500. The van der Waals surface area contributed by atoms with Crippen molar-refractivity contribution in [3.8, 4) is 0 Å². The number of carboxylic acid groups (broad SMARTS) is 1. The van der Waals surface area contributed by atoms with Crippen molar-refractivity contribution in [3.63, 3.8) is 0 Å². The number of amides is 1. The van der Waals surface area contributed by atoms with Crippen molar-refractivity contribution in [1.29, 1.82) is 0 Å². The lowest BCUT2D eigenvalue weighted by Gasteiger charge is -2.37. The van der Waals surface area contributed by atoms with E-state index in [0.717, 1.165) is 18.4 Å². The van der Waals surface area contributed by atoms with Crippen LogP contribution in [0.4, 0.5) is 5.69 Å². The predicted octanol–water partition coefficient (Wildman–Crippen LogP) is 1.91. The highest BCUT2D eigenvalue weighted by molar-refractivity contribution is 5.84. The number of anilines is 1. The summed E-state index contributed by atoms with van der Waals surface area (Å²) in [6.07, 6.45) is 2.67. The summed E-state index contributed by atoms with van der Waals surface area (Å²) in [7, 11) is 0. The number of hydrogen-bond donors (Lipinski definition) is 2. The molecule has 0 aliphatic carbocycles. The molecule has 0 saturated carbocycles. The zero-order valence-electron chi connectivity index (χ0n) is 12.3. The largest absolute Gasteiger partial charge is 0.480 e. The highest BCUT2D eigenvalue weighted by Crippen LogP contribution is 2.24. The van der Waals surface area contributed by atoms with Crippen molar-refractivity contribution in [2.24, 2.45) is 5.92 Å². The van der Waals surface area contributed by atoms with Gasteiger partial charge in [0.25, 0.3) is 0 Å². The number of nitrogens with zero attached hydrogens (tertiary/aromatic N) is 1. The fourth-order valence-electron chi connectivity index (χ4n) is 2.92. The minimum atomic E-state index is -0.900. The van der Waals surface area contributed by atoms with E-state index in [-0.39, 0.29) is 11.8 Å². The van der Waals surface area contributed by atoms with E-state index in [2.05, 4.69) is 0 Å². The molecular formula is C16H22N2O3. The summed E-state index contributed by atoms with van der Waals surface area (Å²) < 4.78 is 0. The van der Waals surface area contributed by atoms with Crippen molar-refractivity contribution >= 4 is 17.6 Å². The third-order valence-corrected chi connectivity index (χ3v) is 4.11. The van der Waals surface area contributed by atoms with Crippen LogP contribution in [0.2, 0.25) is 0 Å². The average Bonchev–Trinajstić information content (AvgIpc) is 2.45. The van der Waals surface area contributed by atoms with E-state index in [1.807, 2.05) is 31.2 Å². The molecule has 1 aromatic rings. The van der Waals surface area contributed by atoms with Crippen LogP contribution >= 0.6 is 0 Å². The zero-order chi connectivity index (χ0) is 15.4. The highest BCUT2D eigenvalue weighted by Gasteiger charge is 2.36. The number of carbonyl (C=O) groups is 2. The zero-order valence-corrected chi connectivity index (χ0v) is 12.3. The van der Waals surface area contributed by atoms with Gasteiger partial charge in [-0.15, -0.1) is 0 Å². The average molecular weight is 290 g/mol. The molecule has 21 heavy (non-hydrogen) atoms. The molecule has 0 aromatic heterocycles. The van der Waals surface area contributed by atoms with Crippen molar-refractivity contribution in [2.45, 2.75) is 38.6 Å². The van der Waals surface area contributed by atoms with E-state index < -0.39 is 12.0 Å². The maximum Gasteiger partial charge on any atom is 0.326 e. The quantitative estimate of drug-likeness (QED) is 0.830. The molecule has 114 valence electrons. The van der Waals surface area contributed by atoms with Gasteiger partial charge in [0.05, 0.1) is 0 Å². The monoisotopic (exact) mass is 290 g/mol. The molecule has 3 N–H and O–H groups in total. The van der Waals surface area contributed by atoms with Gasteiger partial charge in [0, 0.05) is 18.7 Å². The topological polar surface area (TPSA) is 83.6 Å². The number of rotatable bonds is 4. The molecule has 1 aromatic carbocycles. The Bertz CT molecular complexity index is 513. The summed E-state index contributed by atoms with van der Waals surface area (Å²) in [5, 5.41) is 9.34. The number of hydrogen-bond acceptors (Lipinski definition) is 3. The number of nitrogen functional groups attached to an aromatic ring is 1. The molecule has 1 fully saturated rings. The molecule has 5 heteroatoms. The van der Waals surface area contributed by atoms with Gasteiger partial charge in [-0.1, -0.05) is 19.1 Å². The van der Waals surface area contributed by atoms with Gasteiger partial charge in [0.1, 0.15) is 6.04 Å². The van der Waals surface area contributed by atoms with Gasteiger partial charge in [-0.25, -0.2) is 4.79 Å². The third kappa shape index (κ3) is 3.74. The van der Waals surface area contributed by atoms with E-state index in [1.54, 1.807) is 0 Å². The van der Waals surface area contributed by atoms with Crippen LogP contribution in [-0.2, 0) is 16.0 Å². The van der Waals surface area contributed by atoms with Crippen LogP contribution in [0, 0.1) is 5.92 Å². The first kappa shape index (κ1) is 15.4. The summed E-state index contributed by atoms with van der Waals surface area (Å²) in [4.78, 5) is 25.3. The van der Waals surface area contributed by atoms with Gasteiger partial charge < -0.3 is 15.7 Å². The number of piperidine rings is 1. The Morgan fingerprint density at radius 2 is 2.00 bits per heavy atom. The molecular weight excluding hydrogens is 268 g/mol. The number of carbonyl (C=O) groups excluding carboxylic acids is 1. The van der Waals surface area contributed by atoms with Gasteiger partial charge in [0.15, 0.2) is 0 Å². The fourth-order valence-corrected chi connectivity index (χ4v) is 2.92. The second kappa shape index (κ2) is 6.61. The van der Waals surface area contributed by atoms with Crippen LogP contribution in [0.1, 0.15) is 31.7 Å². The third-order valence-electron chi connectivity index (χ3n) is 4.11. The Morgan fingerprint density at radius 3 is 2.62 bits per heavy atom. The first-order valence-electron chi connectivity index (χ1n) is 7.35. The number of aliphatic carboxylic acids is 1. The molecule has 2 rings (SSSR count). The maximum atomic E-state index is 12.3. The molecule has 1 amide bonds. The Balaban J connectivity index is 1.98. The Morgan fingerprint density at radius 1 is 1.33 bits per heavy atom. The molecule has 1 saturated heterocycles. The Kier molecular flexibility index (Phi) is 4.83. The summed E-state index contributed by atoms with van der Waals surface area (Å²) in [6, 6.07) is 6.73. The molecule has 0 bridgehead atoms. The van der Waals surface area contributed by atoms with E-state index >= 15 is 0 Å². The van der Waals surface area contributed by atoms with Gasteiger partial charge in [0.2, 0.25) is 5.91 Å². The second-order valence-electron chi connectivity index (χ2n) is 5.73. The van der Waals surface area contributed by atoms with Gasteiger partial charge in [-0.05, 0) is 42.9 Å². The van der Waals surface area contributed by atoms with Crippen molar-refractivity contribution in [2.75, 3.05) is 12.3 Å². The molecule has 2 unspecified atom stereocenters. The SMILES string of the molecule is CC1CCCN(C(=O)CCc2ccc(N)cc2)C1C(=O)O. The molecule has 2 atom stereocenters. The maximum absolute atomic E-state index is 12.3. The van der Waals surface area contributed by atoms with Gasteiger partial charge in [-0.2, -0.15) is 0 Å². The van der Waals surface area contributed by atoms with Crippen molar-refractivity contribution < 1.29 is 14.7 Å². The van der Waals surface area contributed by atoms with E-state index in [0.29, 0.717) is 25.1 Å². The van der Waals surface area contributed by atoms with E-state index in [4.69, 9.17) is 5.73 Å². The molecule has 0 spiro atoms. The Hall–Kier alpha value is -2.04. The minimum absolute atomic E-state index is 0.0109. The lowest BCUT2D eigenvalue weighted by Crippen LogP contribution is -2.51. The highest BCUT2D eigenvalue weighted by atomic mass is 16.4. The molecule has 1 aliphatic rings. The Labute approximate surface area is 124 Å². The number of carboxylic acids is 1. The second-order valence-corrected chi connectivity index (χ2v) is 5.73. The van der Waals surface area contributed by atoms with Crippen LogP contribution in [0.5, 0.6) is 0 Å². The minimum Gasteiger partial charge on any atom is -0.480 e. The van der Waals surface area contributed by atoms with Crippen LogP contribution in [0.15, 0.2) is 24.3 Å². The molecule has 0 radical (unpaired) electrons. The lowest BCUT2D eigenvalue weighted by molar-refractivity contribution is -0.154. The van der Waals surface area contributed by atoms with Crippen molar-refractivity contribution in [3.05, 3.63) is 29.8 Å². The summed E-state index contributed by atoms with van der Waals surface area (Å²) >= 11 is 0. The summed E-state index contributed by atoms with van der Waals surface area (Å²) in [6.45, 7) is 2.44. The number of benzene rings is 1. The van der Waals surface area contributed by atoms with Crippen molar-refractivity contribution in [1.82, 2.24) is 4.90 Å². The lowest BCUT2D eigenvalue weighted by atomic mass is 9.90. The van der Waals surface area contributed by atoms with Crippen LogP contribution in [-0.4, -0.2) is 34.5 Å². The van der Waals surface area contributed by atoms with Crippen LogP contribution < -0.4 is 5.73 Å². The van der Waals surface area contributed by atoms with Gasteiger partial charge >= 0.3 is 5.97 Å². The van der Waals surface area contributed by atoms with Crippen LogP contribution in [0.3, 0.4) is 0 Å². The smallest absolute Gasteiger partial charge is 0.326 e. The van der Waals surface area contributed by atoms with Crippen LogP contribution in [0.25, 0.3) is 0 Å². The standard InChI is InChI=1S/C16H22N2O3/c1-11-3-2-10-18(15(11)16(20)21)14(19)9-6-12-4-7-13(17)8-5-12/h4-5,7-8,11,15H,2-3,6,9-10,17H2,1H3,(H,20,21). The normalized spacial score (nSPS) is 22.0. The first-order chi connectivity index (χ1) is 9.99. The van der Waals surface area contributed by atoms with E-state index in [1.165, 1.54) is 4.90 Å². The number of nitrogens with two attached hydrogens (primary N) is 1. The van der Waals surface area contributed by atoms with Gasteiger partial charge in [-0.3, -0.25) is 4.79 Å². The summed E-state index contributed by atoms with van der Waals surface area (Å²) in [5.41, 5.74) is 7.36. The molecule has 1 heterocycles. The first-order valence-corrected chi connectivity index (χ1v) is 7.35. The molecule has 5 nitrogen and oxygen atoms in total. The predicted molar refractivity (Wildman–Crippen MR) is 80.7 cm³/mol. The number of likely N-dealkylation sites (tertiary alicyclic amines) is 1. The number of aryl methyl sites for hydroxylation is 1. The summed E-state index contributed by atoms with van der Waals surface area (Å²) in [5.74, 6) is -0.967. The van der Waals surface area contributed by atoms with E-state index in [9.17, 15) is 14.7 Å².